The predicted octanol–water partition coefficient (Wildman–Crippen LogP) is 3.15. The molecule has 0 saturated carbocycles. The summed E-state index contributed by atoms with van der Waals surface area (Å²) in [6, 6.07) is 7.28. The Labute approximate surface area is 167 Å². The molecule has 1 aromatic carbocycles. The number of hydrogen-bond donors (Lipinski definition) is 1. The van der Waals surface area contributed by atoms with Crippen molar-refractivity contribution in [3.05, 3.63) is 52.1 Å². The van der Waals surface area contributed by atoms with Crippen LogP contribution in [0.2, 0.25) is 0 Å². The molecule has 1 unspecified atom stereocenters. The smallest absolute Gasteiger partial charge is 0.286 e. The Morgan fingerprint density at radius 1 is 0.929 bits per heavy atom. The number of hydrogen-bond acceptors (Lipinski definition) is 6. The van der Waals surface area contributed by atoms with Crippen molar-refractivity contribution in [2.45, 2.75) is 38.9 Å². The summed E-state index contributed by atoms with van der Waals surface area (Å²) in [5, 5.41) is 1.57. The van der Waals surface area contributed by atoms with Crippen LogP contribution < -0.4 is 10.1 Å². The van der Waals surface area contributed by atoms with Gasteiger partial charge in [0.25, 0.3) is 5.24 Å². The number of imide groups is 1. The van der Waals surface area contributed by atoms with E-state index in [1.807, 2.05) is 12.1 Å². The molecule has 6 nitrogen and oxygen atoms in total. The van der Waals surface area contributed by atoms with Crippen LogP contribution in [-0.4, -0.2) is 34.6 Å². The Balaban J connectivity index is 1.56. The lowest BCUT2D eigenvalue weighted by Gasteiger charge is -2.18. The highest BCUT2D eigenvalue weighted by atomic mass is 32.2. The van der Waals surface area contributed by atoms with Gasteiger partial charge in [-0.15, -0.1) is 0 Å². The van der Waals surface area contributed by atoms with Crippen LogP contribution >= 0.6 is 11.8 Å². The van der Waals surface area contributed by atoms with Gasteiger partial charge in [0.1, 0.15) is 5.75 Å². The van der Waals surface area contributed by atoms with Gasteiger partial charge in [0, 0.05) is 28.7 Å². The number of ether oxygens (including phenoxy) is 1. The minimum Gasteiger partial charge on any atom is -0.493 e. The van der Waals surface area contributed by atoms with Gasteiger partial charge < -0.3 is 4.74 Å². The van der Waals surface area contributed by atoms with Gasteiger partial charge >= 0.3 is 0 Å². The van der Waals surface area contributed by atoms with Crippen molar-refractivity contribution in [3.63, 3.8) is 0 Å². The van der Waals surface area contributed by atoms with E-state index < -0.39 is 5.25 Å². The number of amides is 2. The van der Waals surface area contributed by atoms with Gasteiger partial charge in [-0.25, -0.2) is 0 Å². The monoisotopic (exact) mass is 399 g/mol. The number of carbonyl (C=O) groups excluding carboxylic acids is 4. The zero-order chi connectivity index (χ0) is 20.4. The first kappa shape index (κ1) is 20.1. The Kier molecular flexibility index (Phi) is 5.84. The number of ketones is 2. The highest BCUT2D eigenvalue weighted by Crippen LogP contribution is 2.27. The summed E-state index contributed by atoms with van der Waals surface area (Å²) in [5.41, 5.74) is 2.95. The molecule has 2 aliphatic rings. The van der Waals surface area contributed by atoms with E-state index in [1.165, 1.54) is 0 Å². The molecule has 0 radical (unpaired) electrons. The molecule has 1 aliphatic heterocycles. The molecule has 0 aromatic heterocycles. The first-order valence-electron chi connectivity index (χ1n) is 8.97. The standard InChI is InChI=1S/C21H21NO5S/c1-11-12(2)19(24)16(13(3)18(11)23)8-9-27-15-6-4-14(5-7-15)10-17-20(25)22-21(26)28-17/h4-7,17H,8-10H2,1-3H3,(H,22,25,26). The summed E-state index contributed by atoms with van der Waals surface area (Å²) in [5.74, 6) is 0.212. The third kappa shape index (κ3) is 4.09. The van der Waals surface area contributed by atoms with E-state index in [2.05, 4.69) is 5.32 Å². The first-order chi connectivity index (χ1) is 13.3. The summed E-state index contributed by atoms with van der Waals surface area (Å²) in [4.78, 5) is 47.5. The lowest BCUT2D eigenvalue weighted by atomic mass is 9.85. The molecule has 1 saturated heterocycles. The number of thioether (sulfide) groups is 1. The van der Waals surface area contributed by atoms with Gasteiger partial charge in [0.05, 0.1) is 11.9 Å². The minimum absolute atomic E-state index is 0.0799. The first-order valence-corrected chi connectivity index (χ1v) is 9.85. The molecule has 1 aromatic rings. The van der Waals surface area contributed by atoms with Crippen LogP contribution in [0.1, 0.15) is 32.8 Å². The molecule has 3 rings (SSSR count). The zero-order valence-corrected chi connectivity index (χ0v) is 16.8. The summed E-state index contributed by atoms with van der Waals surface area (Å²) < 4.78 is 5.71. The van der Waals surface area contributed by atoms with Gasteiger partial charge in [-0.05, 0) is 44.9 Å². The molecule has 2 amide bonds. The normalized spacial score (nSPS) is 20.2. The van der Waals surface area contributed by atoms with Gasteiger partial charge in [-0.1, -0.05) is 23.9 Å². The number of Topliss-reactive ketones (excluding diaryl/α,β-unsaturated/α-hetero) is 2. The van der Waals surface area contributed by atoms with Crippen molar-refractivity contribution in [1.82, 2.24) is 5.32 Å². The lowest BCUT2D eigenvalue weighted by Crippen LogP contribution is -2.25. The Bertz CT molecular complexity index is 927. The van der Waals surface area contributed by atoms with Crippen LogP contribution in [0, 0.1) is 0 Å². The quantitative estimate of drug-likeness (QED) is 0.739. The highest BCUT2D eigenvalue weighted by molar-refractivity contribution is 8.15. The average molecular weight is 399 g/mol. The fraction of sp³-hybridized carbons (Fsp3) is 0.333. The van der Waals surface area contributed by atoms with Crippen LogP contribution in [0.4, 0.5) is 4.79 Å². The molecule has 7 heteroatoms. The van der Waals surface area contributed by atoms with E-state index >= 15 is 0 Å². The number of allylic oxidation sites excluding steroid dienone is 3. The second-order valence-electron chi connectivity index (χ2n) is 6.84. The second kappa shape index (κ2) is 8.14. The largest absolute Gasteiger partial charge is 0.493 e. The van der Waals surface area contributed by atoms with E-state index in [0.29, 0.717) is 40.9 Å². The number of benzene rings is 1. The average Bonchev–Trinajstić information content (AvgIpc) is 2.99. The van der Waals surface area contributed by atoms with Crippen molar-refractivity contribution < 1.29 is 23.9 Å². The molecular weight excluding hydrogens is 378 g/mol. The molecule has 146 valence electrons. The van der Waals surface area contributed by atoms with Crippen LogP contribution in [-0.2, 0) is 20.8 Å². The van der Waals surface area contributed by atoms with Crippen LogP contribution in [0.5, 0.6) is 5.75 Å². The van der Waals surface area contributed by atoms with E-state index in [4.69, 9.17) is 4.74 Å². The van der Waals surface area contributed by atoms with Gasteiger partial charge in [0.2, 0.25) is 5.91 Å². The molecule has 0 spiro atoms. The molecule has 0 bridgehead atoms. The number of carbonyl (C=O) groups is 4. The number of rotatable bonds is 6. The Morgan fingerprint density at radius 3 is 2.18 bits per heavy atom. The van der Waals surface area contributed by atoms with Crippen LogP contribution in [0.15, 0.2) is 46.6 Å². The molecule has 1 fully saturated rings. The summed E-state index contributed by atoms with van der Waals surface area (Å²) in [6.45, 7) is 5.32. The van der Waals surface area contributed by atoms with Crippen LogP contribution in [0.25, 0.3) is 0 Å². The predicted molar refractivity (Wildman–Crippen MR) is 106 cm³/mol. The van der Waals surface area contributed by atoms with Gasteiger partial charge in [0.15, 0.2) is 11.6 Å². The maximum Gasteiger partial charge on any atom is 0.286 e. The number of nitrogens with one attached hydrogen (secondary N) is 1. The summed E-state index contributed by atoms with van der Waals surface area (Å²) in [6.07, 6.45) is 0.833. The van der Waals surface area contributed by atoms with Crippen LogP contribution in [0.3, 0.4) is 0 Å². The van der Waals surface area contributed by atoms with Gasteiger partial charge in [-0.3, -0.25) is 24.5 Å². The maximum absolute atomic E-state index is 12.4. The fourth-order valence-electron chi connectivity index (χ4n) is 3.19. The minimum atomic E-state index is -0.399. The Hall–Kier alpha value is -2.67. The Morgan fingerprint density at radius 2 is 1.57 bits per heavy atom. The van der Waals surface area contributed by atoms with E-state index in [0.717, 1.165) is 17.3 Å². The highest BCUT2D eigenvalue weighted by Gasteiger charge is 2.31. The van der Waals surface area contributed by atoms with E-state index in [-0.39, 0.29) is 29.3 Å². The topological polar surface area (TPSA) is 89.5 Å². The van der Waals surface area contributed by atoms with Crippen molar-refractivity contribution in [3.8, 4) is 5.75 Å². The summed E-state index contributed by atoms with van der Waals surface area (Å²) in [7, 11) is 0. The molecule has 1 atom stereocenters. The van der Waals surface area contributed by atoms with Crippen molar-refractivity contribution in [2.24, 2.45) is 0 Å². The van der Waals surface area contributed by atoms with Gasteiger partial charge in [-0.2, -0.15) is 0 Å². The van der Waals surface area contributed by atoms with Crippen molar-refractivity contribution in [1.29, 1.82) is 0 Å². The summed E-state index contributed by atoms with van der Waals surface area (Å²) >= 11 is 1.00. The molecule has 1 N–H and O–H groups in total. The SMILES string of the molecule is CC1=C(C)C(=O)C(CCOc2ccc(CC3SC(=O)NC3=O)cc2)=C(C)C1=O. The maximum atomic E-state index is 12.4. The molecular formula is C21H21NO5S. The second-order valence-corrected chi connectivity index (χ2v) is 8.02. The third-order valence-corrected chi connectivity index (χ3v) is 6.02. The molecule has 1 aliphatic carbocycles. The third-order valence-electron chi connectivity index (χ3n) is 5.04. The van der Waals surface area contributed by atoms with Crippen molar-refractivity contribution >= 4 is 34.5 Å². The van der Waals surface area contributed by atoms with Crippen molar-refractivity contribution in [2.75, 3.05) is 6.61 Å². The van der Waals surface area contributed by atoms with E-state index in [9.17, 15) is 19.2 Å². The fourth-order valence-corrected chi connectivity index (χ4v) is 4.05. The lowest BCUT2D eigenvalue weighted by molar-refractivity contribution is -0.119. The molecule has 1 heterocycles. The van der Waals surface area contributed by atoms with E-state index in [1.54, 1.807) is 32.9 Å². The molecule has 28 heavy (non-hydrogen) atoms. The zero-order valence-electron chi connectivity index (χ0n) is 16.0.